The van der Waals surface area contributed by atoms with Crippen LogP contribution in [0.2, 0.25) is 0 Å². The fourth-order valence-electron chi connectivity index (χ4n) is 2.11. The van der Waals surface area contributed by atoms with Gasteiger partial charge in [0.2, 0.25) is 0 Å². The van der Waals surface area contributed by atoms with Gasteiger partial charge in [0.05, 0.1) is 5.56 Å². The van der Waals surface area contributed by atoms with Gasteiger partial charge in [0.15, 0.2) is 0 Å². The third-order valence-corrected chi connectivity index (χ3v) is 3.36. The summed E-state index contributed by atoms with van der Waals surface area (Å²) in [4.78, 5) is 17.2. The summed E-state index contributed by atoms with van der Waals surface area (Å²) in [6, 6.07) is 3.81. The molecule has 5 heteroatoms. The third kappa shape index (κ3) is 2.79. The van der Waals surface area contributed by atoms with E-state index in [9.17, 15) is 4.79 Å². The third-order valence-electron chi connectivity index (χ3n) is 3.36. The SMILES string of the molecule is O=C(O)c1ccc(N(CCCO)C2CCC2)nc1. The Balaban J connectivity index is 2.11. The number of aromatic carboxylic acids is 1. The van der Waals surface area contributed by atoms with E-state index in [1.807, 2.05) is 0 Å². The number of rotatable bonds is 6. The number of aliphatic hydroxyl groups excluding tert-OH is 1. The normalized spacial score (nSPS) is 15.2. The highest BCUT2D eigenvalue weighted by Gasteiger charge is 2.25. The predicted octanol–water partition coefficient (Wildman–Crippen LogP) is 1.52. The lowest BCUT2D eigenvalue weighted by Crippen LogP contribution is -2.41. The first-order valence-electron chi connectivity index (χ1n) is 6.29. The van der Waals surface area contributed by atoms with Crippen LogP contribution in [-0.2, 0) is 0 Å². The molecule has 0 amide bonds. The molecule has 1 aromatic heterocycles. The lowest BCUT2D eigenvalue weighted by molar-refractivity contribution is 0.0696. The Bertz CT molecular complexity index is 401. The van der Waals surface area contributed by atoms with Crippen LogP contribution in [-0.4, -0.2) is 40.4 Å². The molecule has 0 unspecified atom stereocenters. The minimum Gasteiger partial charge on any atom is -0.478 e. The van der Waals surface area contributed by atoms with Crippen molar-refractivity contribution in [1.82, 2.24) is 4.98 Å². The molecular formula is C13H18N2O3. The van der Waals surface area contributed by atoms with Crippen LogP contribution in [0, 0.1) is 0 Å². The number of carboxylic acids is 1. The maximum absolute atomic E-state index is 10.8. The average molecular weight is 250 g/mol. The minimum atomic E-state index is -0.959. The van der Waals surface area contributed by atoms with Crippen molar-refractivity contribution in [3.8, 4) is 0 Å². The van der Waals surface area contributed by atoms with Gasteiger partial charge in [-0.15, -0.1) is 0 Å². The van der Waals surface area contributed by atoms with E-state index in [1.54, 1.807) is 12.1 Å². The molecule has 0 atom stereocenters. The van der Waals surface area contributed by atoms with Gasteiger partial charge in [-0.05, 0) is 37.8 Å². The molecule has 0 aromatic carbocycles. The summed E-state index contributed by atoms with van der Waals surface area (Å²) < 4.78 is 0. The first kappa shape index (κ1) is 12.8. The van der Waals surface area contributed by atoms with E-state index in [0.717, 1.165) is 25.2 Å². The molecule has 1 saturated carbocycles. The summed E-state index contributed by atoms with van der Waals surface area (Å²) in [5, 5.41) is 17.8. The first-order chi connectivity index (χ1) is 8.72. The van der Waals surface area contributed by atoms with E-state index in [4.69, 9.17) is 10.2 Å². The summed E-state index contributed by atoms with van der Waals surface area (Å²) >= 11 is 0. The number of carboxylic acid groups (broad SMARTS) is 1. The zero-order valence-electron chi connectivity index (χ0n) is 10.2. The highest BCUT2D eigenvalue weighted by molar-refractivity contribution is 5.87. The second kappa shape index (κ2) is 5.82. The van der Waals surface area contributed by atoms with E-state index in [1.165, 1.54) is 12.6 Å². The molecule has 0 aliphatic heterocycles. The fraction of sp³-hybridized carbons (Fsp3) is 0.538. The molecule has 0 bridgehead atoms. The van der Waals surface area contributed by atoms with Crippen LogP contribution in [0.3, 0.4) is 0 Å². The van der Waals surface area contributed by atoms with Crippen molar-refractivity contribution < 1.29 is 15.0 Å². The van der Waals surface area contributed by atoms with Gasteiger partial charge >= 0.3 is 5.97 Å². The summed E-state index contributed by atoms with van der Waals surface area (Å²) in [5.41, 5.74) is 0.203. The summed E-state index contributed by atoms with van der Waals surface area (Å²) in [5.74, 6) is -0.155. The molecular weight excluding hydrogens is 232 g/mol. The molecule has 1 fully saturated rings. The monoisotopic (exact) mass is 250 g/mol. The van der Waals surface area contributed by atoms with Crippen LogP contribution >= 0.6 is 0 Å². The van der Waals surface area contributed by atoms with Gasteiger partial charge in [-0.25, -0.2) is 9.78 Å². The van der Waals surface area contributed by atoms with Gasteiger partial charge in [-0.2, -0.15) is 0 Å². The number of hydrogen-bond donors (Lipinski definition) is 2. The van der Waals surface area contributed by atoms with Crippen LogP contribution in [0.15, 0.2) is 18.3 Å². The Morgan fingerprint density at radius 3 is 2.67 bits per heavy atom. The van der Waals surface area contributed by atoms with Gasteiger partial charge in [0, 0.05) is 25.4 Å². The largest absolute Gasteiger partial charge is 0.478 e. The molecule has 1 aliphatic rings. The summed E-state index contributed by atoms with van der Waals surface area (Å²) in [7, 11) is 0. The Labute approximate surface area is 106 Å². The molecule has 0 saturated heterocycles. The first-order valence-corrected chi connectivity index (χ1v) is 6.29. The van der Waals surface area contributed by atoms with Gasteiger partial charge in [-0.1, -0.05) is 0 Å². The Kier molecular flexibility index (Phi) is 4.15. The van der Waals surface area contributed by atoms with Crippen LogP contribution in [0.25, 0.3) is 0 Å². The number of pyridine rings is 1. The van der Waals surface area contributed by atoms with Crippen molar-refractivity contribution in [2.75, 3.05) is 18.1 Å². The molecule has 98 valence electrons. The molecule has 1 aliphatic carbocycles. The zero-order valence-corrected chi connectivity index (χ0v) is 10.2. The molecule has 0 spiro atoms. The van der Waals surface area contributed by atoms with Gasteiger partial charge in [-0.3, -0.25) is 0 Å². The van der Waals surface area contributed by atoms with Crippen molar-refractivity contribution >= 4 is 11.8 Å². The van der Waals surface area contributed by atoms with Gasteiger partial charge < -0.3 is 15.1 Å². The second-order valence-corrected chi connectivity index (χ2v) is 4.57. The van der Waals surface area contributed by atoms with Crippen molar-refractivity contribution in [3.63, 3.8) is 0 Å². The topological polar surface area (TPSA) is 73.7 Å². The lowest BCUT2D eigenvalue weighted by atomic mass is 9.91. The van der Waals surface area contributed by atoms with Crippen LogP contribution < -0.4 is 4.90 Å². The average Bonchev–Trinajstić information content (AvgIpc) is 2.32. The smallest absolute Gasteiger partial charge is 0.337 e. The van der Waals surface area contributed by atoms with E-state index in [2.05, 4.69) is 9.88 Å². The lowest BCUT2D eigenvalue weighted by Gasteiger charge is -2.38. The molecule has 2 rings (SSSR count). The quantitative estimate of drug-likeness (QED) is 0.800. The Morgan fingerprint density at radius 1 is 1.44 bits per heavy atom. The fourth-order valence-corrected chi connectivity index (χ4v) is 2.11. The summed E-state index contributed by atoms with van der Waals surface area (Å²) in [6.07, 6.45) is 5.62. The standard InChI is InChI=1S/C13H18N2O3/c16-8-2-7-15(11-3-1-4-11)12-6-5-10(9-14-12)13(17)18/h5-6,9,11,16H,1-4,7-8H2,(H,17,18). The van der Waals surface area contributed by atoms with Crippen LogP contribution in [0.4, 0.5) is 5.82 Å². The number of aliphatic hydroxyl groups is 1. The van der Waals surface area contributed by atoms with E-state index >= 15 is 0 Å². The van der Waals surface area contributed by atoms with E-state index < -0.39 is 5.97 Å². The number of aromatic nitrogens is 1. The maximum atomic E-state index is 10.8. The predicted molar refractivity (Wildman–Crippen MR) is 67.9 cm³/mol. The Morgan fingerprint density at radius 2 is 2.22 bits per heavy atom. The molecule has 18 heavy (non-hydrogen) atoms. The van der Waals surface area contributed by atoms with Crippen molar-refractivity contribution in [2.24, 2.45) is 0 Å². The molecule has 2 N–H and O–H groups in total. The highest BCUT2D eigenvalue weighted by Crippen LogP contribution is 2.28. The molecule has 1 aromatic rings. The van der Waals surface area contributed by atoms with E-state index in [0.29, 0.717) is 12.5 Å². The number of hydrogen-bond acceptors (Lipinski definition) is 4. The number of nitrogens with zero attached hydrogens (tertiary/aromatic N) is 2. The van der Waals surface area contributed by atoms with Crippen LogP contribution in [0.1, 0.15) is 36.0 Å². The molecule has 0 radical (unpaired) electrons. The summed E-state index contributed by atoms with van der Waals surface area (Å²) in [6.45, 7) is 0.928. The second-order valence-electron chi connectivity index (χ2n) is 4.57. The molecule has 5 nitrogen and oxygen atoms in total. The van der Waals surface area contributed by atoms with Gasteiger partial charge in [0.1, 0.15) is 5.82 Å². The number of carbonyl (C=O) groups is 1. The minimum absolute atomic E-state index is 0.163. The number of anilines is 1. The van der Waals surface area contributed by atoms with Gasteiger partial charge in [0.25, 0.3) is 0 Å². The van der Waals surface area contributed by atoms with E-state index in [-0.39, 0.29) is 12.2 Å². The maximum Gasteiger partial charge on any atom is 0.337 e. The van der Waals surface area contributed by atoms with Crippen molar-refractivity contribution in [3.05, 3.63) is 23.9 Å². The Hall–Kier alpha value is -1.62. The van der Waals surface area contributed by atoms with Crippen molar-refractivity contribution in [2.45, 2.75) is 31.7 Å². The highest BCUT2D eigenvalue weighted by atomic mass is 16.4. The molecule has 1 heterocycles. The van der Waals surface area contributed by atoms with Crippen molar-refractivity contribution in [1.29, 1.82) is 0 Å². The van der Waals surface area contributed by atoms with Crippen LogP contribution in [0.5, 0.6) is 0 Å². The zero-order chi connectivity index (χ0) is 13.0.